The first kappa shape index (κ1) is 20.6. The van der Waals surface area contributed by atoms with Gasteiger partial charge >= 0.3 is 6.18 Å². The monoisotopic (exact) mass is 446 g/mol. The van der Waals surface area contributed by atoms with Gasteiger partial charge in [0.2, 0.25) is 0 Å². The van der Waals surface area contributed by atoms with E-state index < -0.39 is 17.6 Å². The molecule has 1 N–H and O–H groups in total. The Morgan fingerprint density at radius 1 is 1.13 bits per heavy atom. The zero-order valence-corrected chi connectivity index (χ0v) is 16.7. The van der Waals surface area contributed by atoms with E-state index in [0.29, 0.717) is 11.5 Å². The van der Waals surface area contributed by atoms with Crippen molar-refractivity contribution >= 4 is 23.3 Å². The Bertz CT molecular complexity index is 1250. The van der Waals surface area contributed by atoms with Gasteiger partial charge in [0.05, 0.1) is 27.5 Å². The Morgan fingerprint density at radius 2 is 1.94 bits per heavy atom. The maximum Gasteiger partial charge on any atom is 0.416 e. The normalized spacial score (nSPS) is 11.5. The standard InChI is InChI=1S/C20H14ClF3N6O/c1-12-10-17(30(28-12)16-11-13(20(22,23)24)5-6-15(16)21)27-19(31)14-4-2-7-25-18(14)29-9-3-8-26-29/h2-11H,1H3,(H,27,31). The molecule has 0 saturated heterocycles. The molecule has 0 unspecified atom stereocenters. The van der Waals surface area contributed by atoms with Gasteiger partial charge in [-0.2, -0.15) is 23.4 Å². The smallest absolute Gasteiger partial charge is 0.306 e. The van der Waals surface area contributed by atoms with Gasteiger partial charge in [0.25, 0.3) is 5.91 Å². The molecule has 0 atom stereocenters. The molecule has 1 amide bonds. The third kappa shape index (κ3) is 4.15. The van der Waals surface area contributed by atoms with Crippen LogP contribution >= 0.6 is 11.6 Å². The number of nitrogens with zero attached hydrogens (tertiary/aromatic N) is 5. The summed E-state index contributed by atoms with van der Waals surface area (Å²) in [4.78, 5) is 17.2. The lowest BCUT2D eigenvalue weighted by Crippen LogP contribution is -2.18. The van der Waals surface area contributed by atoms with Crippen LogP contribution in [0.4, 0.5) is 19.0 Å². The molecule has 1 aromatic carbocycles. The van der Waals surface area contributed by atoms with Crippen LogP contribution in [0.1, 0.15) is 21.6 Å². The zero-order chi connectivity index (χ0) is 22.2. The lowest BCUT2D eigenvalue weighted by molar-refractivity contribution is -0.137. The van der Waals surface area contributed by atoms with E-state index in [9.17, 15) is 18.0 Å². The van der Waals surface area contributed by atoms with Crippen molar-refractivity contribution in [1.29, 1.82) is 0 Å². The van der Waals surface area contributed by atoms with Crippen LogP contribution in [0.25, 0.3) is 11.5 Å². The minimum absolute atomic E-state index is 0.0154. The summed E-state index contributed by atoms with van der Waals surface area (Å²) in [6, 6.07) is 9.26. The van der Waals surface area contributed by atoms with Crippen molar-refractivity contribution in [2.24, 2.45) is 0 Å². The van der Waals surface area contributed by atoms with Crippen LogP contribution in [0.15, 0.2) is 61.1 Å². The molecule has 31 heavy (non-hydrogen) atoms. The highest BCUT2D eigenvalue weighted by atomic mass is 35.5. The molecule has 158 valence electrons. The summed E-state index contributed by atoms with van der Waals surface area (Å²) in [6.45, 7) is 1.65. The average molecular weight is 447 g/mol. The number of carbonyl (C=O) groups is 1. The van der Waals surface area contributed by atoms with E-state index in [1.54, 1.807) is 37.5 Å². The predicted molar refractivity (Wildman–Crippen MR) is 108 cm³/mol. The second-order valence-electron chi connectivity index (χ2n) is 6.53. The Labute approximate surface area is 179 Å². The van der Waals surface area contributed by atoms with E-state index in [4.69, 9.17) is 11.6 Å². The van der Waals surface area contributed by atoms with E-state index in [2.05, 4.69) is 20.5 Å². The molecular formula is C20H14ClF3N6O. The fourth-order valence-electron chi connectivity index (χ4n) is 2.96. The number of benzene rings is 1. The van der Waals surface area contributed by atoms with E-state index in [-0.39, 0.29) is 22.1 Å². The van der Waals surface area contributed by atoms with Crippen molar-refractivity contribution in [2.75, 3.05) is 5.32 Å². The Kier molecular flexibility index (Phi) is 5.24. The van der Waals surface area contributed by atoms with Crippen LogP contribution in [0.3, 0.4) is 0 Å². The van der Waals surface area contributed by atoms with Gasteiger partial charge in [-0.25, -0.2) is 14.3 Å². The summed E-state index contributed by atoms with van der Waals surface area (Å²) in [6.07, 6.45) is 0.143. The number of rotatable bonds is 4. The lowest BCUT2D eigenvalue weighted by atomic mass is 10.2. The number of carbonyl (C=O) groups excluding carboxylic acids is 1. The van der Waals surface area contributed by atoms with Gasteiger partial charge in [0.1, 0.15) is 5.82 Å². The highest BCUT2D eigenvalue weighted by Gasteiger charge is 2.31. The SMILES string of the molecule is Cc1cc(NC(=O)c2cccnc2-n2cccn2)n(-c2cc(C(F)(F)F)ccc2Cl)n1. The van der Waals surface area contributed by atoms with E-state index in [0.717, 1.165) is 22.9 Å². The minimum atomic E-state index is -4.56. The van der Waals surface area contributed by atoms with Gasteiger partial charge in [-0.05, 0) is 43.3 Å². The molecular weight excluding hydrogens is 433 g/mol. The van der Waals surface area contributed by atoms with Crippen LogP contribution < -0.4 is 5.32 Å². The maximum absolute atomic E-state index is 13.2. The number of nitrogens with one attached hydrogen (secondary N) is 1. The van der Waals surface area contributed by atoms with Crippen molar-refractivity contribution in [3.63, 3.8) is 0 Å². The van der Waals surface area contributed by atoms with Gasteiger partial charge in [-0.15, -0.1) is 0 Å². The number of anilines is 1. The molecule has 0 spiro atoms. The van der Waals surface area contributed by atoms with Crippen LogP contribution in [0.5, 0.6) is 0 Å². The van der Waals surface area contributed by atoms with Crippen molar-refractivity contribution in [3.05, 3.63) is 82.9 Å². The van der Waals surface area contributed by atoms with Gasteiger partial charge in [-0.1, -0.05) is 11.6 Å². The summed E-state index contributed by atoms with van der Waals surface area (Å²) < 4.78 is 42.1. The van der Waals surface area contributed by atoms with Crippen LogP contribution in [0, 0.1) is 6.92 Å². The van der Waals surface area contributed by atoms with E-state index in [1.165, 1.54) is 16.9 Å². The number of hydrogen-bond donors (Lipinski definition) is 1. The molecule has 0 saturated carbocycles. The zero-order valence-electron chi connectivity index (χ0n) is 15.9. The fraction of sp³-hybridized carbons (Fsp3) is 0.100. The average Bonchev–Trinajstić information content (AvgIpc) is 3.37. The largest absolute Gasteiger partial charge is 0.416 e. The number of halogens is 4. The summed E-state index contributed by atoms with van der Waals surface area (Å²) >= 11 is 6.15. The fourth-order valence-corrected chi connectivity index (χ4v) is 3.16. The number of hydrogen-bond acceptors (Lipinski definition) is 4. The molecule has 3 aromatic heterocycles. The highest BCUT2D eigenvalue weighted by Crippen LogP contribution is 2.34. The second kappa shape index (κ2) is 7.88. The highest BCUT2D eigenvalue weighted by molar-refractivity contribution is 6.32. The minimum Gasteiger partial charge on any atom is -0.306 e. The Hall–Kier alpha value is -3.66. The first-order chi connectivity index (χ1) is 14.7. The van der Waals surface area contributed by atoms with E-state index in [1.807, 2.05) is 0 Å². The molecule has 0 bridgehead atoms. The number of aryl methyl sites for hydroxylation is 1. The Morgan fingerprint density at radius 3 is 2.65 bits per heavy atom. The molecule has 4 aromatic rings. The lowest BCUT2D eigenvalue weighted by Gasteiger charge is -2.14. The summed E-state index contributed by atoms with van der Waals surface area (Å²) in [5.41, 5.74) is -0.210. The molecule has 11 heteroatoms. The van der Waals surface area contributed by atoms with Crippen molar-refractivity contribution in [3.8, 4) is 11.5 Å². The molecule has 0 fully saturated rings. The first-order valence-corrected chi connectivity index (χ1v) is 9.32. The van der Waals surface area contributed by atoms with Gasteiger partial charge in [-0.3, -0.25) is 4.79 Å². The van der Waals surface area contributed by atoms with Crippen molar-refractivity contribution in [2.45, 2.75) is 13.1 Å². The number of aromatic nitrogens is 5. The molecule has 7 nitrogen and oxygen atoms in total. The molecule has 0 radical (unpaired) electrons. The Balaban J connectivity index is 1.73. The van der Waals surface area contributed by atoms with E-state index >= 15 is 0 Å². The molecule has 0 aliphatic heterocycles. The summed E-state index contributed by atoms with van der Waals surface area (Å²) in [5, 5.41) is 11.0. The molecule has 4 rings (SSSR count). The molecule has 0 aliphatic carbocycles. The number of pyridine rings is 1. The summed E-state index contributed by atoms with van der Waals surface area (Å²) in [5.74, 6) is -0.0910. The van der Waals surface area contributed by atoms with Crippen LogP contribution in [-0.2, 0) is 6.18 Å². The first-order valence-electron chi connectivity index (χ1n) is 8.94. The predicted octanol–water partition coefficient (Wildman–Crippen LogP) is 4.69. The molecule has 0 aliphatic rings. The topological polar surface area (TPSA) is 77.6 Å². The van der Waals surface area contributed by atoms with Crippen molar-refractivity contribution in [1.82, 2.24) is 24.5 Å². The second-order valence-corrected chi connectivity index (χ2v) is 6.93. The van der Waals surface area contributed by atoms with Gasteiger partial charge in [0.15, 0.2) is 5.82 Å². The van der Waals surface area contributed by atoms with Crippen LogP contribution in [0.2, 0.25) is 5.02 Å². The maximum atomic E-state index is 13.2. The number of alkyl halides is 3. The van der Waals surface area contributed by atoms with Crippen molar-refractivity contribution < 1.29 is 18.0 Å². The number of amides is 1. The summed E-state index contributed by atoms with van der Waals surface area (Å²) in [7, 11) is 0. The third-order valence-electron chi connectivity index (χ3n) is 4.33. The van der Waals surface area contributed by atoms with Crippen LogP contribution in [-0.4, -0.2) is 30.5 Å². The van der Waals surface area contributed by atoms with Gasteiger partial charge in [0, 0.05) is 24.7 Å². The molecule has 3 heterocycles. The third-order valence-corrected chi connectivity index (χ3v) is 4.65. The quantitative estimate of drug-likeness (QED) is 0.493. The van der Waals surface area contributed by atoms with Gasteiger partial charge < -0.3 is 5.32 Å².